The first-order valence-electron chi connectivity index (χ1n) is 5.88. The summed E-state index contributed by atoms with van der Waals surface area (Å²) in [6.07, 6.45) is 2.31. The molecule has 1 aromatic rings. The van der Waals surface area contributed by atoms with Gasteiger partial charge in [0.25, 0.3) is 0 Å². The molecule has 0 saturated heterocycles. The second-order valence-corrected chi connectivity index (χ2v) is 4.37. The Labute approximate surface area is 120 Å². The lowest BCUT2D eigenvalue weighted by atomic mass is 10.1. The number of halogens is 2. The molecule has 0 spiro atoms. The second-order valence-electron chi connectivity index (χ2n) is 3.93. The number of carbonyl (C=O) groups is 1. The number of amides is 1. The molecule has 0 saturated carbocycles. The van der Waals surface area contributed by atoms with Gasteiger partial charge in [-0.2, -0.15) is 0 Å². The van der Waals surface area contributed by atoms with Gasteiger partial charge in [0.2, 0.25) is 5.91 Å². The molecule has 0 heterocycles. The van der Waals surface area contributed by atoms with E-state index in [0.29, 0.717) is 13.0 Å². The minimum atomic E-state index is 0. The number of benzene rings is 1. The molecular weight excluding hydrogens is 271 g/mol. The highest BCUT2D eigenvalue weighted by atomic mass is 35.5. The largest absolute Gasteiger partial charge is 0.356 e. The maximum atomic E-state index is 11.4. The van der Waals surface area contributed by atoms with Crippen LogP contribution in [0, 0.1) is 0 Å². The van der Waals surface area contributed by atoms with Crippen molar-refractivity contribution in [1.29, 1.82) is 0 Å². The summed E-state index contributed by atoms with van der Waals surface area (Å²) in [5.74, 6) is 0.120. The molecule has 1 aromatic carbocycles. The minimum absolute atomic E-state index is 0. The third kappa shape index (κ3) is 7.54. The molecule has 2 N–H and O–H groups in total. The van der Waals surface area contributed by atoms with Gasteiger partial charge in [0.05, 0.1) is 0 Å². The molecule has 1 amide bonds. The summed E-state index contributed by atoms with van der Waals surface area (Å²) in [4.78, 5) is 11.4. The summed E-state index contributed by atoms with van der Waals surface area (Å²) < 4.78 is 0. The van der Waals surface area contributed by atoms with Crippen molar-refractivity contribution in [2.45, 2.75) is 19.3 Å². The van der Waals surface area contributed by atoms with Gasteiger partial charge in [0, 0.05) is 18.0 Å². The van der Waals surface area contributed by atoms with Crippen LogP contribution in [0.4, 0.5) is 0 Å². The molecule has 102 valence electrons. The number of carbonyl (C=O) groups excluding carboxylic acids is 1. The van der Waals surface area contributed by atoms with Crippen LogP contribution in [0.25, 0.3) is 0 Å². The molecule has 3 nitrogen and oxygen atoms in total. The molecule has 18 heavy (non-hydrogen) atoms. The van der Waals surface area contributed by atoms with Crippen LogP contribution in [0.15, 0.2) is 24.3 Å². The number of rotatable bonds is 7. The van der Waals surface area contributed by atoms with E-state index >= 15 is 0 Å². The van der Waals surface area contributed by atoms with Gasteiger partial charge < -0.3 is 10.6 Å². The van der Waals surface area contributed by atoms with Crippen LogP contribution in [0.1, 0.15) is 18.4 Å². The highest BCUT2D eigenvalue weighted by Crippen LogP contribution is 2.09. The maximum Gasteiger partial charge on any atom is 0.220 e. The molecule has 0 aromatic heterocycles. The Morgan fingerprint density at radius 3 is 2.50 bits per heavy atom. The Morgan fingerprint density at radius 2 is 1.89 bits per heavy atom. The fourth-order valence-corrected chi connectivity index (χ4v) is 1.64. The van der Waals surface area contributed by atoms with E-state index in [9.17, 15) is 4.79 Å². The Hall–Kier alpha value is -0.770. The highest BCUT2D eigenvalue weighted by Gasteiger charge is 2.00. The first kappa shape index (κ1) is 17.2. The molecule has 1 rings (SSSR count). The van der Waals surface area contributed by atoms with Crippen molar-refractivity contribution < 1.29 is 4.79 Å². The third-order valence-electron chi connectivity index (χ3n) is 2.48. The number of hydrogen-bond donors (Lipinski definition) is 2. The Balaban J connectivity index is 0.00000289. The molecule has 5 heteroatoms. The summed E-state index contributed by atoms with van der Waals surface area (Å²) in [7, 11) is 1.89. The van der Waals surface area contributed by atoms with E-state index in [2.05, 4.69) is 10.6 Å². The van der Waals surface area contributed by atoms with Crippen LogP contribution in [0.3, 0.4) is 0 Å². The van der Waals surface area contributed by atoms with E-state index in [1.54, 1.807) is 0 Å². The van der Waals surface area contributed by atoms with Gasteiger partial charge in [-0.3, -0.25) is 4.79 Å². The van der Waals surface area contributed by atoms with Crippen LogP contribution in [-0.2, 0) is 11.2 Å². The topological polar surface area (TPSA) is 41.1 Å². The lowest BCUT2D eigenvalue weighted by Gasteiger charge is -2.05. The molecule has 0 radical (unpaired) electrons. The lowest BCUT2D eigenvalue weighted by Crippen LogP contribution is -2.26. The molecule has 0 bridgehead atoms. The van der Waals surface area contributed by atoms with Gasteiger partial charge in [-0.1, -0.05) is 23.7 Å². The molecule has 0 aliphatic rings. The molecule has 0 unspecified atom stereocenters. The predicted molar refractivity (Wildman–Crippen MR) is 78.6 cm³/mol. The van der Waals surface area contributed by atoms with Crippen LogP contribution < -0.4 is 10.6 Å². The minimum Gasteiger partial charge on any atom is -0.356 e. The van der Waals surface area contributed by atoms with E-state index in [1.165, 1.54) is 5.56 Å². The first-order chi connectivity index (χ1) is 8.22. The summed E-state index contributed by atoms with van der Waals surface area (Å²) in [5, 5.41) is 6.66. The molecule has 0 aliphatic heterocycles. The molecule has 0 fully saturated rings. The Bertz CT molecular complexity index is 341. The highest BCUT2D eigenvalue weighted by molar-refractivity contribution is 6.30. The third-order valence-corrected chi connectivity index (χ3v) is 2.73. The van der Waals surface area contributed by atoms with Gasteiger partial charge in [0.1, 0.15) is 0 Å². The van der Waals surface area contributed by atoms with Crippen LogP contribution in [-0.4, -0.2) is 26.0 Å². The fraction of sp³-hybridized carbons (Fsp3) is 0.462. The molecule has 0 aliphatic carbocycles. The van der Waals surface area contributed by atoms with Crippen LogP contribution in [0.2, 0.25) is 5.02 Å². The van der Waals surface area contributed by atoms with Crippen molar-refractivity contribution in [2.75, 3.05) is 20.1 Å². The van der Waals surface area contributed by atoms with Crippen LogP contribution in [0.5, 0.6) is 0 Å². The van der Waals surface area contributed by atoms with E-state index in [1.807, 2.05) is 31.3 Å². The SMILES string of the molecule is CNCCCC(=O)NCCc1ccc(Cl)cc1.Cl. The Morgan fingerprint density at radius 1 is 1.22 bits per heavy atom. The zero-order valence-electron chi connectivity index (χ0n) is 10.5. The summed E-state index contributed by atoms with van der Waals surface area (Å²) in [6, 6.07) is 7.70. The fourth-order valence-electron chi connectivity index (χ4n) is 1.51. The zero-order valence-corrected chi connectivity index (χ0v) is 12.1. The number of hydrogen-bond acceptors (Lipinski definition) is 2. The quantitative estimate of drug-likeness (QED) is 0.758. The summed E-state index contributed by atoms with van der Waals surface area (Å²) in [6.45, 7) is 1.56. The summed E-state index contributed by atoms with van der Waals surface area (Å²) >= 11 is 5.79. The molecule has 0 atom stereocenters. The van der Waals surface area contributed by atoms with Crippen molar-refractivity contribution in [3.05, 3.63) is 34.9 Å². The Kier molecular flexibility index (Phi) is 9.74. The smallest absolute Gasteiger partial charge is 0.220 e. The van der Waals surface area contributed by atoms with Gasteiger partial charge in [0.15, 0.2) is 0 Å². The van der Waals surface area contributed by atoms with Gasteiger partial charge >= 0.3 is 0 Å². The van der Waals surface area contributed by atoms with Crippen molar-refractivity contribution in [2.24, 2.45) is 0 Å². The molecular formula is C13H20Cl2N2O. The zero-order chi connectivity index (χ0) is 12.5. The van der Waals surface area contributed by atoms with E-state index in [-0.39, 0.29) is 18.3 Å². The van der Waals surface area contributed by atoms with Crippen molar-refractivity contribution in [1.82, 2.24) is 10.6 Å². The van der Waals surface area contributed by atoms with Crippen molar-refractivity contribution >= 4 is 29.9 Å². The average molecular weight is 291 g/mol. The first-order valence-corrected chi connectivity index (χ1v) is 6.26. The van der Waals surface area contributed by atoms with Crippen molar-refractivity contribution in [3.63, 3.8) is 0 Å². The van der Waals surface area contributed by atoms with E-state index in [4.69, 9.17) is 11.6 Å². The normalized spacial score (nSPS) is 9.67. The predicted octanol–water partition coefficient (Wildman–Crippen LogP) is 2.42. The van der Waals surface area contributed by atoms with E-state index < -0.39 is 0 Å². The van der Waals surface area contributed by atoms with E-state index in [0.717, 1.165) is 24.4 Å². The maximum absolute atomic E-state index is 11.4. The van der Waals surface area contributed by atoms with Gasteiger partial charge in [-0.05, 0) is 44.1 Å². The van der Waals surface area contributed by atoms with Gasteiger partial charge in [-0.25, -0.2) is 0 Å². The standard InChI is InChI=1S/C13H19ClN2O.ClH/c1-15-9-2-3-13(17)16-10-8-11-4-6-12(14)7-5-11;/h4-7,15H,2-3,8-10H2,1H3,(H,16,17);1H. The van der Waals surface area contributed by atoms with Gasteiger partial charge in [-0.15, -0.1) is 12.4 Å². The monoisotopic (exact) mass is 290 g/mol. The number of nitrogens with one attached hydrogen (secondary N) is 2. The van der Waals surface area contributed by atoms with Crippen LogP contribution >= 0.6 is 24.0 Å². The average Bonchev–Trinajstić information content (AvgIpc) is 2.32. The lowest BCUT2D eigenvalue weighted by molar-refractivity contribution is -0.121. The van der Waals surface area contributed by atoms with Crippen molar-refractivity contribution in [3.8, 4) is 0 Å². The summed E-state index contributed by atoms with van der Waals surface area (Å²) in [5.41, 5.74) is 1.19. The second kappa shape index (κ2) is 10.2.